The molecule has 0 aromatic heterocycles. The number of ether oxygens (including phenoxy) is 4. The summed E-state index contributed by atoms with van der Waals surface area (Å²) in [5.41, 5.74) is -1.31. The van der Waals surface area contributed by atoms with Crippen molar-refractivity contribution in [3.8, 4) is 17.2 Å². The number of nitrogens with zero attached hydrogens (tertiary/aromatic N) is 2. The van der Waals surface area contributed by atoms with Crippen molar-refractivity contribution in [2.45, 2.75) is 5.54 Å². The average Bonchev–Trinajstić information content (AvgIpc) is 3.34. The molecule has 3 rings (SSSR count). The van der Waals surface area contributed by atoms with E-state index in [0.29, 0.717) is 5.56 Å². The van der Waals surface area contributed by atoms with E-state index in [1.807, 2.05) is 12.1 Å². The van der Waals surface area contributed by atoms with Gasteiger partial charge in [0.25, 0.3) is 0 Å². The van der Waals surface area contributed by atoms with E-state index < -0.39 is 29.4 Å². The van der Waals surface area contributed by atoms with Gasteiger partial charge in [-0.3, -0.25) is 4.99 Å². The zero-order chi connectivity index (χ0) is 27.2. The van der Waals surface area contributed by atoms with Crippen molar-refractivity contribution >= 4 is 36.2 Å². The van der Waals surface area contributed by atoms with Gasteiger partial charge in [-0.1, -0.05) is 36.4 Å². The lowest BCUT2D eigenvalue weighted by Gasteiger charge is -2.18. The molecule has 2 aromatic carbocycles. The van der Waals surface area contributed by atoms with Gasteiger partial charge in [-0.05, 0) is 34.9 Å². The Balaban J connectivity index is 2.30. The summed E-state index contributed by atoms with van der Waals surface area (Å²) in [6.45, 7) is 0. The predicted octanol–water partition coefficient (Wildman–Crippen LogP) is 2.93. The number of rotatable bonds is 7. The van der Waals surface area contributed by atoms with Crippen LogP contribution in [0.5, 0.6) is 0 Å². The van der Waals surface area contributed by atoms with Crippen LogP contribution in [0.15, 0.2) is 64.7 Å². The zero-order valence-electron chi connectivity index (χ0n) is 20.4. The lowest BCUT2D eigenvalue weighted by atomic mass is 9.88. The Morgan fingerprint density at radius 2 is 1.46 bits per heavy atom. The van der Waals surface area contributed by atoms with E-state index >= 15 is 0 Å². The molecule has 10 heteroatoms. The van der Waals surface area contributed by atoms with Crippen LogP contribution in [0, 0.1) is 11.3 Å². The fourth-order valence-electron chi connectivity index (χ4n) is 3.79. The highest BCUT2D eigenvalue weighted by Gasteiger charge is 2.44. The van der Waals surface area contributed by atoms with Crippen LogP contribution >= 0.6 is 0 Å². The number of aliphatic imine (C=N–C) groups is 1. The minimum atomic E-state index is -1.97. The fourth-order valence-corrected chi connectivity index (χ4v) is 3.79. The molecule has 1 aliphatic rings. The van der Waals surface area contributed by atoms with Crippen molar-refractivity contribution in [3.05, 3.63) is 76.4 Å². The van der Waals surface area contributed by atoms with Crippen molar-refractivity contribution in [1.82, 2.24) is 0 Å². The number of hydrogen-bond donors (Lipinski definition) is 0. The van der Waals surface area contributed by atoms with Gasteiger partial charge in [-0.2, -0.15) is 5.26 Å². The molecule has 1 heterocycles. The molecule has 188 valence electrons. The summed E-state index contributed by atoms with van der Waals surface area (Å²) in [6, 6.07) is 14.1. The average molecular weight is 502 g/mol. The van der Waals surface area contributed by atoms with Crippen LogP contribution in [-0.4, -0.2) is 64.1 Å². The molecule has 0 N–H and O–H groups in total. The van der Waals surface area contributed by atoms with E-state index in [1.165, 1.54) is 25.3 Å². The molecule has 1 unspecified atom stereocenters. The van der Waals surface area contributed by atoms with Gasteiger partial charge in [-0.15, -0.1) is 0 Å². The van der Waals surface area contributed by atoms with E-state index in [2.05, 4.69) is 4.99 Å². The number of carbonyl (C=O) groups excluding carboxylic acids is 4. The fraction of sp³-hybridized carbons (Fsp3) is 0.185. The minimum Gasteiger partial charge on any atom is -0.466 e. The van der Waals surface area contributed by atoms with Gasteiger partial charge in [-0.25, -0.2) is 19.2 Å². The van der Waals surface area contributed by atoms with Crippen LogP contribution < -0.4 is 0 Å². The maximum Gasteiger partial charge on any atom is 0.340 e. The van der Waals surface area contributed by atoms with Gasteiger partial charge in [0.1, 0.15) is 6.07 Å². The molecule has 0 fully saturated rings. The normalized spacial score (nSPS) is 16.3. The first-order valence-corrected chi connectivity index (χ1v) is 10.7. The van der Waals surface area contributed by atoms with E-state index in [-0.39, 0.29) is 27.8 Å². The third kappa shape index (κ3) is 5.01. The summed E-state index contributed by atoms with van der Waals surface area (Å²) in [7, 11) is 4.54. The number of nitriles is 1. The number of esters is 4. The van der Waals surface area contributed by atoms with Crippen LogP contribution in [0.4, 0.5) is 0 Å². The highest BCUT2D eigenvalue weighted by atomic mass is 16.5. The van der Waals surface area contributed by atoms with Gasteiger partial charge in [0.15, 0.2) is 5.54 Å². The van der Waals surface area contributed by atoms with Crippen molar-refractivity contribution in [1.29, 1.82) is 5.26 Å². The Bertz CT molecular complexity index is 1400. The molecule has 0 radical (unpaired) electrons. The smallest absolute Gasteiger partial charge is 0.340 e. The second kappa shape index (κ2) is 11.1. The van der Waals surface area contributed by atoms with Crippen LogP contribution in [0.3, 0.4) is 0 Å². The van der Waals surface area contributed by atoms with Crippen LogP contribution in [-0.2, 0) is 28.5 Å². The highest BCUT2D eigenvalue weighted by molar-refractivity contribution is 6.19. The minimum absolute atomic E-state index is 0.0738. The second-order valence-corrected chi connectivity index (χ2v) is 7.58. The summed E-state index contributed by atoms with van der Waals surface area (Å²) in [4.78, 5) is 54.3. The van der Waals surface area contributed by atoms with Crippen molar-refractivity contribution in [2.24, 2.45) is 4.99 Å². The van der Waals surface area contributed by atoms with Crippen molar-refractivity contribution in [2.75, 3.05) is 28.4 Å². The molecule has 10 nitrogen and oxygen atoms in total. The summed E-state index contributed by atoms with van der Waals surface area (Å²) >= 11 is 0. The maximum atomic E-state index is 12.8. The number of methoxy groups -OCH3 is 4. The molecule has 0 aliphatic carbocycles. The quantitative estimate of drug-likeness (QED) is 0.413. The molecular weight excluding hydrogens is 480 g/mol. The zero-order valence-corrected chi connectivity index (χ0v) is 20.4. The Morgan fingerprint density at radius 1 is 0.838 bits per heavy atom. The first kappa shape index (κ1) is 26.6. The van der Waals surface area contributed by atoms with Crippen molar-refractivity contribution < 1.29 is 38.1 Å². The molecular formula is C27H22N2O8. The Kier molecular flexibility index (Phi) is 7.99. The summed E-state index contributed by atoms with van der Waals surface area (Å²) < 4.78 is 19.3. The highest BCUT2D eigenvalue weighted by Crippen LogP contribution is 2.34. The first-order valence-electron chi connectivity index (χ1n) is 10.7. The largest absolute Gasteiger partial charge is 0.466 e. The molecule has 0 saturated carbocycles. The number of carbonyl (C=O) groups is 4. The number of hydrogen-bond acceptors (Lipinski definition) is 10. The molecule has 1 aliphatic heterocycles. The van der Waals surface area contributed by atoms with Crippen molar-refractivity contribution in [3.63, 3.8) is 0 Å². The van der Waals surface area contributed by atoms with Gasteiger partial charge < -0.3 is 18.9 Å². The standard InChI is InChI=1S/C27H22N2O8/c1-34-23(30)19-13-18(16-8-6-5-7-9-16)12-17(21(19)25(32)36-3)10-11-27(15-28)22(26(33)37-4)20(14-29-27)24(31)35-2/h5-14H,1-4H3/b11-10-. The molecule has 0 bridgehead atoms. The first-order chi connectivity index (χ1) is 17.8. The summed E-state index contributed by atoms with van der Waals surface area (Å²) in [6.07, 6.45) is 3.62. The molecule has 37 heavy (non-hydrogen) atoms. The van der Waals surface area contributed by atoms with E-state index in [0.717, 1.165) is 33.1 Å². The van der Waals surface area contributed by atoms with E-state index in [9.17, 15) is 24.4 Å². The van der Waals surface area contributed by atoms with Gasteiger partial charge in [0.05, 0.1) is 50.7 Å². The Morgan fingerprint density at radius 3 is 2.03 bits per heavy atom. The SMILES string of the molecule is COC(=O)C1=C(C(=O)OC)C(C#N)(/C=C\c2cc(-c3ccccc3)cc(C(=O)OC)c2C(=O)OC)N=C1. The lowest BCUT2D eigenvalue weighted by molar-refractivity contribution is -0.139. The molecule has 0 spiro atoms. The van der Waals surface area contributed by atoms with Gasteiger partial charge in [0, 0.05) is 6.21 Å². The second-order valence-electron chi connectivity index (χ2n) is 7.58. The molecule has 2 aromatic rings. The predicted molar refractivity (Wildman–Crippen MR) is 131 cm³/mol. The Hall–Kier alpha value is -5.04. The molecule has 0 amide bonds. The van der Waals surface area contributed by atoms with Crippen LogP contribution in [0.1, 0.15) is 26.3 Å². The summed E-state index contributed by atoms with van der Waals surface area (Å²) in [5.74, 6) is -3.47. The molecule has 1 atom stereocenters. The van der Waals surface area contributed by atoms with E-state index in [4.69, 9.17) is 18.9 Å². The monoisotopic (exact) mass is 502 g/mol. The third-order valence-electron chi connectivity index (χ3n) is 5.59. The number of benzene rings is 2. The lowest BCUT2D eigenvalue weighted by Crippen LogP contribution is -2.29. The van der Waals surface area contributed by atoms with Crippen LogP contribution in [0.25, 0.3) is 17.2 Å². The third-order valence-corrected chi connectivity index (χ3v) is 5.59. The van der Waals surface area contributed by atoms with Gasteiger partial charge >= 0.3 is 23.9 Å². The van der Waals surface area contributed by atoms with Crippen LogP contribution in [0.2, 0.25) is 0 Å². The maximum absolute atomic E-state index is 12.8. The van der Waals surface area contributed by atoms with Gasteiger partial charge in [0.2, 0.25) is 0 Å². The topological polar surface area (TPSA) is 141 Å². The van der Waals surface area contributed by atoms with E-state index in [1.54, 1.807) is 30.3 Å². The molecule has 0 saturated heterocycles. The Labute approximate surface area is 212 Å². The summed E-state index contributed by atoms with van der Waals surface area (Å²) in [5, 5.41) is 10.0.